The van der Waals surface area contributed by atoms with Crippen molar-refractivity contribution in [3.63, 3.8) is 0 Å². The van der Waals surface area contributed by atoms with Crippen LogP contribution in [0.5, 0.6) is 17.2 Å². The number of benzene rings is 2. The maximum atomic E-state index is 10.8. The van der Waals surface area contributed by atoms with Gasteiger partial charge in [-0.1, -0.05) is 0 Å². The van der Waals surface area contributed by atoms with Crippen molar-refractivity contribution in [2.75, 3.05) is 12.4 Å². The van der Waals surface area contributed by atoms with Crippen LogP contribution in [0, 0.1) is 0 Å². The minimum Gasteiger partial charge on any atom is -0.494 e. The molecule has 0 aliphatic carbocycles. The van der Waals surface area contributed by atoms with E-state index in [-0.39, 0.29) is 0 Å². The van der Waals surface area contributed by atoms with Gasteiger partial charge in [-0.2, -0.15) is 0 Å². The second-order valence-corrected chi connectivity index (χ2v) is 4.93. The molecule has 0 saturated carbocycles. The summed E-state index contributed by atoms with van der Waals surface area (Å²) < 4.78 is 11.1. The highest BCUT2D eigenvalue weighted by Gasteiger charge is 2.10. The molecule has 0 radical (unpaired) electrons. The summed E-state index contributed by atoms with van der Waals surface area (Å²) in [5.41, 5.74) is 1.77. The molecular formula is C18H14N2O4. The van der Waals surface area contributed by atoms with E-state index in [4.69, 9.17) is 9.47 Å². The predicted octanol–water partition coefficient (Wildman–Crippen LogP) is 3.42. The van der Waals surface area contributed by atoms with Crippen LogP contribution < -0.4 is 14.8 Å². The van der Waals surface area contributed by atoms with Gasteiger partial charge in [-0.3, -0.25) is 14.6 Å². The molecule has 6 nitrogen and oxygen atoms in total. The van der Waals surface area contributed by atoms with Crippen molar-refractivity contribution in [3.8, 4) is 17.2 Å². The van der Waals surface area contributed by atoms with Crippen molar-refractivity contribution in [2.45, 2.75) is 0 Å². The number of ether oxygens (including phenoxy) is 2. The Hall–Kier alpha value is -3.41. The first-order valence-electron chi connectivity index (χ1n) is 7.15. The first-order chi connectivity index (χ1) is 11.7. The molecule has 3 rings (SSSR count). The van der Waals surface area contributed by atoms with E-state index < -0.39 is 0 Å². The second kappa shape index (κ2) is 6.78. The van der Waals surface area contributed by atoms with Crippen LogP contribution in [0.1, 0.15) is 10.4 Å². The molecule has 0 aliphatic heterocycles. The van der Waals surface area contributed by atoms with Gasteiger partial charge >= 0.3 is 0 Å². The Morgan fingerprint density at radius 3 is 2.50 bits per heavy atom. The van der Waals surface area contributed by atoms with E-state index in [2.05, 4.69) is 10.3 Å². The van der Waals surface area contributed by atoms with Crippen molar-refractivity contribution < 1.29 is 19.1 Å². The van der Waals surface area contributed by atoms with Gasteiger partial charge in [0.25, 0.3) is 0 Å². The number of aldehydes is 1. The van der Waals surface area contributed by atoms with Crippen LogP contribution in [0.15, 0.2) is 48.7 Å². The Morgan fingerprint density at radius 1 is 1.04 bits per heavy atom. The number of nitrogens with zero attached hydrogens (tertiary/aromatic N) is 1. The van der Waals surface area contributed by atoms with Gasteiger partial charge in [0, 0.05) is 23.2 Å². The molecule has 3 aromatic rings. The number of carbonyl (C=O) groups excluding carboxylic acids is 2. The summed E-state index contributed by atoms with van der Waals surface area (Å²) in [6.45, 7) is 0. The first kappa shape index (κ1) is 15.5. The smallest absolute Gasteiger partial charge is 0.211 e. The summed E-state index contributed by atoms with van der Waals surface area (Å²) in [7, 11) is 1.52. The number of pyridine rings is 1. The fraction of sp³-hybridized carbons (Fsp3) is 0.0556. The molecule has 0 atom stereocenters. The molecule has 2 aromatic carbocycles. The fourth-order valence-electron chi connectivity index (χ4n) is 2.32. The zero-order chi connectivity index (χ0) is 16.9. The van der Waals surface area contributed by atoms with Crippen molar-refractivity contribution >= 4 is 29.3 Å². The largest absolute Gasteiger partial charge is 0.494 e. The molecule has 0 unspecified atom stereocenters. The summed E-state index contributed by atoms with van der Waals surface area (Å²) in [4.78, 5) is 25.8. The third kappa shape index (κ3) is 3.03. The maximum absolute atomic E-state index is 10.8. The van der Waals surface area contributed by atoms with E-state index in [1.165, 1.54) is 7.11 Å². The number of methoxy groups -OCH3 is 1. The molecule has 1 aromatic heterocycles. The molecule has 0 bridgehead atoms. The Balaban J connectivity index is 2.04. The molecule has 0 aliphatic rings. The number of hydrogen-bond acceptors (Lipinski definition) is 5. The molecule has 1 amide bonds. The fourth-order valence-corrected chi connectivity index (χ4v) is 2.32. The van der Waals surface area contributed by atoms with E-state index in [0.29, 0.717) is 40.4 Å². The third-order valence-corrected chi connectivity index (χ3v) is 3.48. The highest BCUT2D eigenvalue weighted by atomic mass is 16.5. The number of carbonyl (C=O) groups is 2. The number of rotatable bonds is 6. The van der Waals surface area contributed by atoms with E-state index >= 15 is 0 Å². The van der Waals surface area contributed by atoms with Crippen LogP contribution in [-0.4, -0.2) is 24.8 Å². The molecule has 0 spiro atoms. The van der Waals surface area contributed by atoms with Crippen LogP contribution >= 0.6 is 0 Å². The zero-order valence-corrected chi connectivity index (χ0v) is 12.9. The van der Waals surface area contributed by atoms with Gasteiger partial charge in [0.1, 0.15) is 23.5 Å². The van der Waals surface area contributed by atoms with Gasteiger partial charge in [0.15, 0.2) is 0 Å². The number of aromatic nitrogens is 1. The first-order valence-corrected chi connectivity index (χ1v) is 7.15. The van der Waals surface area contributed by atoms with Gasteiger partial charge in [-0.15, -0.1) is 0 Å². The second-order valence-electron chi connectivity index (χ2n) is 4.93. The molecule has 0 saturated heterocycles. The number of fused-ring (bicyclic) bond motifs is 1. The van der Waals surface area contributed by atoms with E-state index in [9.17, 15) is 9.59 Å². The summed E-state index contributed by atoms with van der Waals surface area (Å²) in [6, 6.07) is 12.0. The van der Waals surface area contributed by atoms with Crippen LogP contribution in [0.25, 0.3) is 10.9 Å². The lowest BCUT2D eigenvalue weighted by atomic mass is 10.1. The molecule has 1 N–H and O–H groups in total. The summed E-state index contributed by atoms with van der Waals surface area (Å²) >= 11 is 0. The van der Waals surface area contributed by atoms with Crippen LogP contribution in [0.4, 0.5) is 5.69 Å². The van der Waals surface area contributed by atoms with Crippen LogP contribution in [-0.2, 0) is 4.79 Å². The van der Waals surface area contributed by atoms with Gasteiger partial charge in [0.05, 0.1) is 18.3 Å². The lowest BCUT2D eigenvalue weighted by molar-refractivity contribution is -0.105. The van der Waals surface area contributed by atoms with E-state index in [1.807, 2.05) is 0 Å². The minimum atomic E-state index is 0.509. The number of nitrogens with one attached hydrogen (secondary N) is 1. The molecule has 120 valence electrons. The highest BCUT2D eigenvalue weighted by Crippen LogP contribution is 2.35. The van der Waals surface area contributed by atoms with E-state index in [0.717, 1.165) is 11.7 Å². The molecule has 1 heterocycles. The molecular weight excluding hydrogens is 308 g/mol. The molecule has 0 fully saturated rings. The summed E-state index contributed by atoms with van der Waals surface area (Å²) in [6.07, 6.45) is 2.98. The van der Waals surface area contributed by atoms with Gasteiger partial charge in [0.2, 0.25) is 6.41 Å². The number of amides is 1. The Labute approximate surface area is 138 Å². The summed E-state index contributed by atoms with van der Waals surface area (Å²) in [5.74, 6) is 1.68. The zero-order valence-electron chi connectivity index (χ0n) is 12.9. The Kier molecular flexibility index (Phi) is 4.38. The van der Waals surface area contributed by atoms with Gasteiger partial charge < -0.3 is 14.8 Å². The molecule has 24 heavy (non-hydrogen) atoms. The number of hydrogen-bond donors (Lipinski definition) is 1. The Bertz CT molecular complexity index is 891. The average molecular weight is 322 g/mol. The van der Waals surface area contributed by atoms with Gasteiger partial charge in [-0.25, -0.2) is 0 Å². The minimum absolute atomic E-state index is 0.509. The quantitative estimate of drug-likeness (QED) is 0.704. The average Bonchev–Trinajstić information content (AvgIpc) is 2.62. The van der Waals surface area contributed by atoms with Crippen LogP contribution in [0.2, 0.25) is 0 Å². The standard InChI is InChI=1S/C18H14N2O4/c1-23-18-9-15-14(8-16(18)20-11-22)17(6-7-19-15)24-13-4-2-12(10-21)3-5-13/h2-11H,1H3,(H,20,22). The van der Waals surface area contributed by atoms with Crippen LogP contribution in [0.3, 0.4) is 0 Å². The number of anilines is 1. The van der Waals surface area contributed by atoms with Crippen molar-refractivity contribution in [1.29, 1.82) is 0 Å². The van der Waals surface area contributed by atoms with E-state index in [1.54, 1.807) is 48.7 Å². The summed E-state index contributed by atoms with van der Waals surface area (Å²) in [5, 5.41) is 3.32. The van der Waals surface area contributed by atoms with Gasteiger partial charge in [-0.05, 0) is 36.4 Å². The lowest BCUT2D eigenvalue weighted by Crippen LogP contribution is -1.98. The monoisotopic (exact) mass is 322 g/mol. The SMILES string of the molecule is COc1cc2nccc(Oc3ccc(C=O)cc3)c2cc1NC=O. The van der Waals surface area contributed by atoms with Crippen molar-refractivity contribution in [2.24, 2.45) is 0 Å². The topological polar surface area (TPSA) is 77.5 Å². The third-order valence-electron chi connectivity index (χ3n) is 3.48. The van der Waals surface area contributed by atoms with Crippen molar-refractivity contribution in [3.05, 3.63) is 54.2 Å². The predicted molar refractivity (Wildman–Crippen MR) is 89.9 cm³/mol. The maximum Gasteiger partial charge on any atom is 0.211 e. The normalized spacial score (nSPS) is 10.2. The lowest BCUT2D eigenvalue weighted by Gasteiger charge is -2.12. The molecule has 6 heteroatoms. The van der Waals surface area contributed by atoms with Crippen molar-refractivity contribution in [1.82, 2.24) is 4.98 Å². The Morgan fingerprint density at radius 2 is 1.83 bits per heavy atom. The highest BCUT2D eigenvalue weighted by molar-refractivity contribution is 5.93.